The van der Waals surface area contributed by atoms with Gasteiger partial charge in [0.1, 0.15) is 5.75 Å². The molecule has 6 nitrogen and oxygen atoms in total. The number of fused-ring (bicyclic) bond motifs is 1. The number of nitrogens with two attached hydrogens (primary N) is 1. The number of ether oxygens (including phenoxy) is 1. The van der Waals surface area contributed by atoms with Crippen LogP contribution in [0.1, 0.15) is 32.4 Å². The zero-order valence-corrected chi connectivity index (χ0v) is 17.4. The zero-order chi connectivity index (χ0) is 20.6. The molecule has 150 valence electrons. The second-order valence-corrected chi connectivity index (χ2v) is 9.60. The molecule has 4 rings (SSSR count). The molecule has 1 aromatic heterocycles. The van der Waals surface area contributed by atoms with E-state index in [-0.39, 0.29) is 16.2 Å². The van der Waals surface area contributed by atoms with Crippen LogP contribution >= 0.6 is 11.3 Å². The molecule has 0 saturated heterocycles. The molecular formula is C21H20N2O4S2. The molecule has 0 unspecified atom stereocenters. The van der Waals surface area contributed by atoms with Crippen LogP contribution in [0.25, 0.3) is 0 Å². The van der Waals surface area contributed by atoms with Crippen LogP contribution in [0.2, 0.25) is 0 Å². The Morgan fingerprint density at radius 2 is 1.93 bits per heavy atom. The Balaban J connectivity index is 1.84. The molecule has 0 radical (unpaired) electrons. The number of methoxy groups -OCH3 is 1. The average Bonchev–Trinajstić information content (AvgIpc) is 3.22. The fourth-order valence-corrected chi connectivity index (χ4v) is 6.23. The van der Waals surface area contributed by atoms with Gasteiger partial charge in [-0.3, -0.25) is 4.79 Å². The number of hydrogen-bond acceptors (Lipinski definition) is 5. The third-order valence-electron chi connectivity index (χ3n) is 5.08. The molecule has 1 amide bonds. The highest BCUT2D eigenvalue weighted by atomic mass is 32.2. The van der Waals surface area contributed by atoms with Crippen molar-refractivity contribution in [3.05, 3.63) is 81.5 Å². The summed E-state index contributed by atoms with van der Waals surface area (Å²) in [6.07, 6.45) is 0.647. The van der Waals surface area contributed by atoms with Gasteiger partial charge in [-0.25, -0.2) is 8.42 Å². The molecule has 0 spiro atoms. The van der Waals surface area contributed by atoms with E-state index in [1.54, 1.807) is 11.3 Å². The largest absolute Gasteiger partial charge is 0.496 e. The molecule has 2 heterocycles. The molecule has 8 heteroatoms. The lowest BCUT2D eigenvalue weighted by Crippen LogP contribution is -2.40. The van der Waals surface area contributed by atoms with Crippen LogP contribution in [0.3, 0.4) is 0 Å². The van der Waals surface area contributed by atoms with Gasteiger partial charge in [-0.1, -0.05) is 30.3 Å². The minimum atomic E-state index is -3.89. The van der Waals surface area contributed by atoms with E-state index in [0.29, 0.717) is 13.0 Å². The zero-order valence-electron chi connectivity index (χ0n) is 15.7. The van der Waals surface area contributed by atoms with Gasteiger partial charge < -0.3 is 10.5 Å². The van der Waals surface area contributed by atoms with Crippen molar-refractivity contribution >= 4 is 27.3 Å². The van der Waals surface area contributed by atoms with Gasteiger partial charge in [-0.15, -0.1) is 11.3 Å². The van der Waals surface area contributed by atoms with Gasteiger partial charge in [0.2, 0.25) is 10.0 Å². The predicted octanol–water partition coefficient (Wildman–Crippen LogP) is 3.19. The Morgan fingerprint density at radius 1 is 1.17 bits per heavy atom. The number of benzene rings is 2. The highest BCUT2D eigenvalue weighted by Crippen LogP contribution is 2.41. The summed E-state index contributed by atoms with van der Waals surface area (Å²) < 4.78 is 33.9. The fourth-order valence-electron chi connectivity index (χ4n) is 3.71. The van der Waals surface area contributed by atoms with Gasteiger partial charge in [0.25, 0.3) is 5.91 Å². The van der Waals surface area contributed by atoms with Crippen molar-refractivity contribution < 1.29 is 17.9 Å². The summed E-state index contributed by atoms with van der Waals surface area (Å²) in [6, 6.07) is 15.3. The number of nitrogens with zero attached hydrogens (tertiary/aromatic N) is 1. The first-order valence-electron chi connectivity index (χ1n) is 9.04. The summed E-state index contributed by atoms with van der Waals surface area (Å²) in [7, 11) is -2.48. The molecule has 1 aliphatic heterocycles. The van der Waals surface area contributed by atoms with E-state index in [1.807, 2.05) is 41.8 Å². The number of thiophene rings is 1. The van der Waals surface area contributed by atoms with E-state index in [1.165, 1.54) is 34.5 Å². The first-order valence-corrected chi connectivity index (χ1v) is 11.4. The molecule has 1 aliphatic rings. The van der Waals surface area contributed by atoms with Crippen LogP contribution in [0.4, 0.5) is 0 Å². The third-order valence-corrected chi connectivity index (χ3v) is 7.94. The first-order chi connectivity index (χ1) is 13.9. The maximum atomic E-state index is 13.6. The summed E-state index contributed by atoms with van der Waals surface area (Å²) in [6.45, 7) is 0.355. The SMILES string of the molecule is COc1ccc(S(=O)(=O)N2CCc3sccc3[C@@H]2c2ccccc2)cc1C(N)=O. The lowest BCUT2D eigenvalue weighted by atomic mass is 9.95. The number of primary amides is 1. The molecule has 0 saturated carbocycles. The van der Waals surface area contributed by atoms with Gasteiger partial charge in [-0.05, 0) is 47.2 Å². The number of rotatable bonds is 5. The summed E-state index contributed by atoms with van der Waals surface area (Å²) in [5.74, 6) is -0.493. The molecule has 0 fully saturated rings. The topological polar surface area (TPSA) is 89.7 Å². The molecule has 0 bridgehead atoms. The number of carbonyl (C=O) groups excluding carboxylic acids is 1. The highest BCUT2D eigenvalue weighted by Gasteiger charge is 2.38. The van der Waals surface area contributed by atoms with E-state index in [0.717, 1.165) is 11.1 Å². The fraction of sp³-hybridized carbons (Fsp3) is 0.190. The van der Waals surface area contributed by atoms with Gasteiger partial charge in [-0.2, -0.15) is 4.31 Å². The van der Waals surface area contributed by atoms with Crippen molar-refractivity contribution in [1.82, 2.24) is 4.31 Å². The molecule has 29 heavy (non-hydrogen) atoms. The summed E-state index contributed by atoms with van der Waals surface area (Å²) >= 11 is 1.64. The first kappa shape index (κ1) is 19.6. The Bertz CT molecular complexity index is 1160. The van der Waals surface area contributed by atoms with Gasteiger partial charge in [0.15, 0.2) is 0 Å². The minimum Gasteiger partial charge on any atom is -0.496 e. The second-order valence-electron chi connectivity index (χ2n) is 6.70. The van der Waals surface area contributed by atoms with Crippen molar-refractivity contribution in [3.8, 4) is 5.75 Å². The van der Waals surface area contributed by atoms with Crippen molar-refractivity contribution in [2.75, 3.05) is 13.7 Å². The molecule has 0 aliphatic carbocycles. The average molecular weight is 429 g/mol. The highest BCUT2D eigenvalue weighted by molar-refractivity contribution is 7.89. The Labute approximate surface area is 173 Å². The molecule has 1 atom stereocenters. The summed E-state index contributed by atoms with van der Waals surface area (Å²) in [5.41, 5.74) is 7.36. The smallest absolute Gasteiger partial charge is 0.252 e. The molecule has 2 aromatic carbocycles. The third kappa shape index (κ3) is 3.43. The lowest BCUT2D eigenvalue weighted by Gasteiger charge is -2.35. The van der Waals surface area contributed by atoms with E-state index >= 15 is 0 Å². The van der Waals surface area contributed by atoms with E-state index in [2.05, 4.69) is 0 Å². The quantitative estimate of drug-likeness (QED) is 0.676. The summed E-state index contributed by atoms with van der Waals surface area (Å²) in [4.78, 5) is 13.0. The standard InChI is InChI=1S/C21H20N2O4S2/c1-27-18-8-7-15(13-17(18)21(22)24)29(25,26)23-11-9-19-16(10-12-28-19)20(23)14-5-3-2-4-6-14/h2-8,10,12-13,20H,9,11H2,1H3,(H2,22,24)/t20-/m0/s1. The lowest BCUT2D eigenvalue weighted by molar-refractivity contribution is 0.0997. The van der Waals surface area contributed by atoms with Crippen molar-refractivity contribution in [3.63, 3.8) is 0 Å². The number of sulfonamides is 1. The normalized spacial score (nSPS) is 16.9. The number of carbonyl (C=O) groups is 1. The second kappa shape index (κ2) is 7.62. The Kier molecular flexibility index (Phi) is 5.16. The predicted molar refractivity (Wildman–Crippen MR) is 112 cm³/mol. The molecule has 2 N–H and O–H groups in total. The minimum absolute atomic E-state index is 0.0201. The van der Waals surface area contributed by atoms with Crippen molar-refractivity contribution in [2.45, 2.75) is 17.4 Å². The van der Waals surface area contributed by atoms with Crippen LogP contribution < -0.4 is 10.5 Å². The van der Waals surface area contributed by atoms with E-state index in [4.69, 9.17) is 10.5 Å². The van der Waals surface area contributed by atoms with E-state index < -0.39 is 22.0 Å². The van der Waals surface area contributed by atoms with Crippen LogP contribution in [0.5, 0.6) is 5.75 Å². The van der Waals surface area contributed by atoms with Crippen LogP contribution in [0.15, 0.2) is 64.9 Å². The van der Waals surface area contributed by atoms with E-state index in [9.17, 15) is 13.2 Å². The Hall–Kier alpha value is -2.68. The van der Waals surface area contributed by atoms with Crippen LogP contribution in [0, 0.1) is 0 Å². The van der Waals surface area contributed by atoms with Crippen molar-refractivity contribution in [2.24, 2.45) is 5.73 Å². The molecule has 3 aromatic rings. The maximum Gasteiger partial charge on any atom is 0.252 e. The number of amides is 1. The van der Waals surface area contributed by atoms with Crippen LogP contribution in [-0.2, 0) is 16.4 Å². The van der Waals surface area contributed by atoms with Crippen molar-refractivity contribution in [1.29, 1.82) is 0 Å². The monoisotopic (exact) mass is 428 g/mol. The van der Waals surface area contributed by atoms with Gasteiger partial charge >= 0.3 is 0 Å². The maximum absolute atomic E-state index is 13.6. The van der Waals surface area contributed by atoms with Gasteiger partial charge in [0.05, 0.1) is 23.6 Å². The van der Waals surface area contributed by atoms with Gasteiger partial charge in [0, 0.05) is 11.4 Å². The Morgan fingerprint density at radius 3 is 2.62 bits per heavy atom. The molecular weight excluding hydrogens is 408 g/mol. The van der Waals surface area contributed by atoms with Crippen LogP contribution in [-0.4, -0.2) is 32.3 Å². The summed E-state index contributed by atoms with van der Waals surface area (Å²) in [5, 5.41) is 2.00. The number of hydrogen-bond donors (Lipinski definition) is 1.